The molecule has 0 aromatic heterocycles. The van der Waals surface area contributed by atoms with Crippen molar-refractivity contribution in [1.82, 2.24) is 4.90 Å². The zero-order chi connectivity index (χ0) is 11.0. The highest BCUT2D eigenvalue weighted by Gasteiger charge is 2.20. The molecule has 1 N–H and O–H groups in total. The van der Waals surface area contributed by atoms with Gasteiger partial charge in [-0.15, -0.1) is 0 Å². The van der Waals surface area contributed by atoms with Crippen molar-refractivity contribution in [2.45, 2.75) is 26.8 Å². The van der Waals surface area contributed by atoms with Crippen LogP contribution in [0, 0.1) is 6.92 Å². The van der Waals surface area contributed by atoms with Crippen molar-refractivity contribution in [2.24, 2.45) is 0 Å². The van der Waals surface area contributed by atoms with E-state index in [-0.39, 0.29) is 5.91 Å². The van der Waals surface area contributed by atoms with Crippen LogP contribution in [0.5, 0.6) is 5.75 Å². The predicted molar refractivity (Wildman–Crippen MR) is 57.6 cm³/mol. The third-order valence-corrected chi connectivity index (χ3v) is 3.11. The van der Waals surface area contributed by atoms with Gasteiger partial charge in [0.05, 0.1) is 0 Å². The Balaban J connectivity index is 2.39. The molecule has 0 aliphatic carbocycles. The summed E-state index contributed by atoms with van der Waals surface area (Å²) in [6.07, 6.45) is 0.885. The summed E-state index contributed by atoms with van der Waals surface area (Å²) in [5, 5.41) is 9.60. The molecule has 1 amide bonds. The maximum atomic E-state index is 11.3. The van der Waals surface area contributed by atoms with Gasteiger partial charge in [-0.2, -0.15) is 0 Å². The molecule has 3 heteroatoms. The molecule has 0 spiro atoms. The number of aromatic hydroxyl groups is 1. The first kappa shape index (κ1) is 10.0. The van der Waals surface area contributed by atoms with Crippen molar-refractivity contribution in [3.63, 3.8) is 0 Å². The second-order valence-corrected chi connectivity index (χ2v) is 4.04. The third-order valence-electron chi connectivity index (χ3n) is 3.11. The summed E-state index contributed by atoms with van der Waals surface area (Å²) in [5.41, 5.74) is 3.26. The summed E-state index contributed by atoms with van der Waals surface area (Å²) in [5.74, 6) is 0.419. The van der Waals surface area contributed by atoms with E-state index in [1.54, 1.807) is 13.0 Å². The van der Waals surface area contributed by atoms with Gasteiger partial charge in [-0.1, -0.05) is 6.07 Å². The fourth-order valence-electron chi connectivity index (χ4n) is 2.05. The van der Waals surface area contributed by atoms with Gasteiger partial charge in [0, 0.05) is 20.0 Å². The molecular formula is C12H15NO2. The first-order valence-corrected chi connectivity index (χ1v) is 5.15. The first-order valence-electron chi connectivity index (χ1n) is 5.15. The topological polar surface area (TPSA) is 40.5 Å². The number of nitrogens with zero attached hydrogens (tertiary/aromatic N) is 1. The number of amides is 1. The van der Waals surface area contributed by atoms with Crippen LogP contribution < -0.4 is 0 Å². The maximum Gasteiger partial charge on any atom is 0.219 e. The van der Waals surface area contributed by atoms with Crippen LogP contribution in [0.3, 0.4) is 0 Å². The summed E-state index contributed by atoms with van der Waals surface area (Å²) in [6.45, 7) is 4.90. The molecule has 3 nitrogen and oxygen atoms in total. The van der Waals surface area contributed by atoms with Crippen LogP contribution in [0.1, 0.15) is 23.6 Å². The summed E-state index contributed by atoms with van der Waals surface area (Å²) < 4.78 is 0. The van der Waals surface area contributed by atoms with Gasteiger partial charge in [0.2, 0.25) is 5.91 Å². The van der Waals surface area contributed by atoms with Crippen LogP contribution in [0.25, 0.3) is 0 Å². The molecule has 0 saturated carbocycles. The van der Waals surface area contributed by atoms with E-state index in [0.717, 1.165) is 24.1 Å². The Bertz CT molecular complexity index is 412. The molecule has 80 valence electrons. The van der Waals surface area contributed by atoms with E-state index in [9.17, 15) is 9.90 Å². The number of carbonyl (C=O) groups excluding carboxylic acids is 1. The number of phenolic OH excluding ortho intramolecular Hbond substituents is 1. The molecule has 15 heavy (non-hydrogen) atoms. The zero-order valence-electron chi connectivity index (χ0n) is 9.08. The van der Waals surface area contributed by atoms with Crippen molar-refractivity contribution in [2.75, 3.05) is 6.54 Å². The van der Waals surface area contributed by atoms with Crippen LogP contribution in [0.15, 0.2) is 12.1 Å². The van der Waals surface area contributed by atoms with Gasteiger partial charge < -0.3 is 10.0 Å². The number of carbonyl (C=O) groups is 1. The van der Waals surface area contributed by atoms with Crippen molar-refractivity contribution in [3.8, 4) is 5.75 Å². The molecule has 0 unspecified atom stereocenters. The zero-order valence-corrected chi connectivity index (χ0v) is 9.08. The fraction of sp³-hybridized carbons (Fsp3) is 0.417. The minimum Gasteiger partial charge on any atom is -0.508 e. The van der Waals surface area contributed by atoms with E-state index in [1.807, 2.05) is 17.9 Å². The molecule has 2 rings (SSSR count). The quantitative estimate of drug-likeness (QED) is 0.699. The second kappa shape index (κ2) is 3.57. The summed E-state index contributed by atoms with van der Waals surface area (Å²) in [4.78, 5) is 13.1. The van der Waals surface area contributed by atoms with Gasteiger partial charge in [0.1, 0.15) is 5.75 Å². The number of fused-ring (bicyclic) bond motifs is 1. The molecule has 0 bridgehead atoms. The highest BCUT2D eigenvalue weighted by Crippen LogP contribution is 2.28. The molecule has 0 saturated heterocycles. The van der Waals surface area contributed by atoms with Crippen LogP contribution in [0.2, 0.25) is 0 Å². The van der Waals surface area contributed by atoms with Crippen LogP contribution in [-0.2, 0) is 17.8 Å². The summed E-state index contributed by atoms with van der Waals surface area (Å²) in [6, 6.07) is 3.69. The predicted octanol–water partition coefficient (Wildman–Crippen LogP) is 1.61. The summed E-state index contributed by atoms with van der Waals surface area (Å²) in [7, 11) is 0. The highest BCUT2D eigenvalue weighted by molar-refractivity contribution is 5.73. The molecule has 1 aromatic carbocycles. The molecule has 1 aliphatic heterocycles. The standard InChI is InChI=1S/C12H15NO2/c1-8-11-7-13(9(2)14)6-5-10(11)3-4-12(8)15/h3-4,15H,5-7H2,1-2H3. The maximum absolute atomic E-state index is 11.3. The lowest BCUT2D eigenvalue weighted by atomic mass is 9.95. The Labute approximate surface area is 89.3 Å². The lowest BCUT2D eigenvalue weighted by molar-refractivity contribution is -0.129. The third kappa shape index (κ3) is 1.69. The Kier molecular flexibility index (Phi) is 2.39. The molecule has 1 heterocycles. The second-order valence-electron chi connectivity index (χ2n) is 4.04. The average molecular weight is 205 g/mol. The minimum atomic E-state index is 0.100. The van der Waals surface area contributed by atoms with E-state index < -0.39 is 0 Å². The van der Waals surface area contributed by atoms with Gasteiger partial charge in [-0.05, 0) is 36.1 Å². The molecule has 0 fully saturated rings. The SMILES string of the molecule is CC(=O)N1CCc2ccc(O)c(C)c2C1. The number of phenols is 1. The minimum absolute atomic E-state index is 0.100. The van der Waals surface area contributed by atoms with E-state index in [0.29, 0.717) is 12.3 Å². The van der Waals surface area contributed by atoms with Gasteiger partial charge in [-0.3, -0.25) is 4.79 Å². The van der Waals surface area contributed by atoms with E-state index in [2.05, 4.69) is 0 Å². The van der Waals surface area contributed by atoms with Crippen molar-refractivity contribution >= 4 is 5.91 Å². The number of hydrogen-bond acceptors (Lipinski definition) is 2. The fourth-order valence-corrected chi connectivity index (χ4v) is 2.05. The lowest BCUT2D eigenvalue weighted by Crippen LogP contribution is -2.34. The molecular weight excluding hydrogens is 190 g/mol. The van der Waals surface area contributed by atoms with Crippen LogP contribution >= 0.6 is 0 Å². The van der Waals surface area contributed by atoms with Gasteiger partial charge in [-0.25, -0.2) is 0 Å². The Morgan fingerprint density at radius 2 is 2.20 bits per heavy atom. The van der Waals surface area contributed by atoms with Crippen LogP contribution in [-0.4, -0.2) is 22.5 Å². The Morgan fingerprint density at radius 1 is 1.47 bits per heavy atom. The van der Waals surface area contributed by atoms with E-state index in [4.69, 9.17) is 0 Å². The molecule has 0 radical (unpaired) electrons. The van der Waals surface area contributed by atoms with Gasteiger partial charge >= 0.3 is 0 Å². The molecule has 1 aliphatic rings. The normalized spacial score (nSPS) is 14.9. The largest absolute Gasteiger partial charge is 0.508 e. The Hall–Kier alpha value is -1.51. The molecule has 1 aromatic rings. The van der Waals surface area contributed by atoms with E-state index >= 15 is 0 Å². The van der Waals surface area contributed by atoms with Crippen molar-refractivity contribution < 1.29 is 9.90 Å². The monoisotopic (exact) mass is 205 g/mol. The number of rotatable bonds is 0. The summed E-state index contributed by atoms with van der Waals surface area (Å²) >= 11 is 0. The van der Waals surface area contributed by atoms with Crippen molar-refractivity contribution in [3.05, 3.63) is 28.8 Å². The average Bonchev–Trinajstić information content (AvgIpc) is 2.23. The van der Waals surface area contributed by atoms with Crippen LogP contribution in [0.4, 0.5) is 0 Å². The number of benzene rings is 1. The lowest BCUT2D eigenvalue weighted by Gasteiger charge is -2.29. The van der Waals surface area contributed by atoms with E-state index in [1.165, 1.54) is 5.56 Å². The van der Waals surface area contributed by atoms with Gasteiger partial charge in [0.15, 0.2) is 0 Å². The van der Waals surface area contributed by atoms with Crippen molar-refractivity contribution in [1.29, 1.82) is 0 Å². The Morgan fingerprint density at radius 3 is 2.87 bits per heavy atom. The highest BCUT2D eigenvalue weighted by atomic mass is 16.3. The number of hydrogen-bond donors (Lipinski definition) is 1. The van der Waals surface area contributed by atoms with Gasteiger partial charge in [0.25, 0.3) is 0 Å². The smallest absolute Gasteiger partial charge is 0.219 e. The first-order chi connectivity index (χ1) is 7.09. The molecule has 0 atom stereocenters.